The first-order valence-corrected chi connectivity index (χ1v) is 13.2. The van der Waals surface area contributed by atoms with Gasteiger partial charge in [-0.25, -0.2) is 4.39 Å². The van der Waals surface area contributed by atoms with E-state index in [1.807, 2.05) is 4.90 Å². The van der Waals surface area contributed by atoms with Crippen LogP contribution in [0.4, 0.5) is 4.39 Å². The van der Waals surface area contributed by atoms with Gasteiger partial charge in [-0.1, -0.05) is 29.8 Å². The number of nitrogens with zero attached hydrogens (tertiary/aromatic N) is 2. The van der Waals surface area contributed by atoms with Crippen molar-refractivity contribution in [3.05, 3.63) is 71.0 Å². The molecule has 1 aliphatic heterocycles. The standard InChI is InChI=1S/C29H39FN4O2/c1-20(2)33-15-17-34(18-16-33)29(36)26(32-28(35)23-10-12-24(30)13-11-23)5-4-14-31-27-19-25(27)22-8-6-21(3)7-9-22/h6-13,20,25-27,31H,4-5,14-19H2,1-3H3,(H,32,35)/t25-,26-,27+/m0/s1. The second kappa shape index (κ2) is 12.0. The lowest BCUT2D eigenvalue weighted by Crippen LogP contribution is -2.56. The molecule has 2 aromatic carbocycles. The largest absolute Gasteiger partial charge is 0.340 e. The van der Waals surface area contributed by atoms with Crippen molar-refractivity contribution in [2.45, 2.75) is 64.1 Å². The summed E-state index contributed by atoms with van der Waals surface area (Å²) < 4.78 is 13.3. The summed E-state index contributed by atoms with van der Waals surface area (Å²) in [6.45, 7) is 10.2. The molecular weight excluding hydrogens is 455 g/mol. The van der Waals surface area contributed by atoms with E-state index in [4.69, 9.17) is 0 Å². The van der Waals surface area contributed by atoms with Gasteiger partial charge < -0.3 is 15.5 Å². The van der Waals surface area contributed by atoms with Gasteiger partial charge in [0, 0.05) is 49.7 Å². The van der Waals surface area contributed by atoms with Gasteiger partial charge in [-0.2, -0.15) is 0 Å². The molecule has 2 fully saturated rings. The molecule has 0 aromatic heterocycles. The van der Waals surface area contributed by atoms with E-state index in [0.717, 1.165) is 32.5 Å². The average molecular weight is 495 g/mol. The highest BCUT2D eigenvalue weighted by molar-refractivity contribution is 5.97. The van der Waals surface area contributed by atoms with Gasteiger partial charge >= 0.3 is 0 Å². The minimum absolute atomic E-state index is 0.0298. The Morgan fingerprint density at radius 3 is 2.31 bits per heavy atom. The molecule has 6 nitrogen and oxygen atoms in total. The molecule has 3 atom stereocenters. The number of hydrogen-bond donors (Lipinski definition) is 2. The fraction of sp³-hybridized carbons (Fsp3) is 0.517. The maximum Gasteiger partial charge on any atom is 0.251 e. The lowest BCUT2D eigenvalue weighted by atomic mass is 10.1. The summed E-state index contributed by atoms with van der Waals surface area (Å²) in [4.78, 5) is 30.5. The molecule has 1 saturated carbocycles. The Kier molecular flexibility index (Phi) is 8.75. The first-order chi connectivity index (χ1) is 17.3. The Balaban J connectivity index is 1.31. The van der Waals surface area contributed by atoms with E-state index in [1.54, 1.807) is 0 Å². The molecule has 1 heterocycles. The second-order valence-electron chi connectivity index (χ2n) is 10.4. The Morgan fingerprint density at radius 1 is 1.00 bits per heavy atom. The van der Waals surface area contributed by atoms with Crippen LogP contribution in [0.3, 0.4) is 0 Å². The van der Waals surface area contributed by atoms with Crippen LogP contribution in [0.2, 0.25) is 0 Å². The zero-order valence-corrected chi connectivity index (χ0v) is 21.7. The number of aryl methyl sites for hydroxylation is 1. The van der Waals surface area contributed by atoms with E-state index in [1.165, 1.54) is 35.4 Å². The van der Waals surface area contributed by atoms with Crippen molar-refractivity contribution < 1.29 is 14.0 Å². The Bertz CT molecular complexity index is 1020. The van der Waals surface area contributed by atoms with E-state index in [0.29, 0.717) is 43.1 Å². The van der Waals surface area contributed by atoms with Gasteiger partial charge in [-0.15, -0.1) is 0 Å². The molecule has 7 heteroatoms. The first kappa shape index (κ1) is 26.3. The molecule has 0 radical (unpaired) electrons. The average Bonchev–Trinajstić information content (AvgIpc) is 3.65. The summed E-state index contributed by atoms with van der Waals surface area (Å²) in [5.74, 6) is -0.211. The number of rotatable bonds is 10. The molecule has 0 unspecified atom stereocenters. The van der Waals surface area contributed by atoms with Crippen LogP contribution < -0.4 is 10.6 Å². The highest BCUT2D eigenvalue weighted by Crippen LogP contribution is 2.40. The molecule has 4 rings (SSSR count). The number of amides is 2. The van der Waals surface area contributed by atoms with Crippen LogP contribution in [0.15, 0.2) is 48.5 Å². The number of piperazine rings is 1. The number of carbonyl (C=O) groups is 2. The Morgan fingerprint density at radius 2 is 1.67 bits per heavy atom. The van der Waals surface area contributed by atoms with E-state index >= 15 is 0 Å². The zero-order valence-electron chi connectivity index (χ0n) is 21.7. The molecular formula is C29H39FN4O2. The highest BCUT2D eigenvalue weighted by atomic mass is 19.1. The number of halogens is 1. The fourth-order valence-corrected chi connectivity index (χ4v) is 4.98. The lowest BCUT2D eigenvalue weighted by Gasteiger charge is -2.38. The third-order valence-electron chi connectivity index (χ3n) is 7.44. The van der Waals surface area contributed by atoms with Gasteiger partial charge in [0.1, 0.15) is 11.9 Å². The number of carbonyl (C=O) groups excluding carboxylic acids is 2. The smallest absolute Gasteiger partial charge is 0.251 e. The first-order valence-electron chi connectivity index (χ1n) is 13.2. The van der Waals surface area contributed by atoms with Crippen molar-refractivity contribution in [3.8, 4) is 0 Å². The highest BCUT2D eigenvalue weighted by Gasteiger charge is 2.37. The van der Waals surface area contributed by atoms with Gasteiger partial charge in [0.2, 0.25) is 5.91 Å². The van der Waals surface area contributed by atoms with E-state index < -0.39 is 11.9 Å². The van der Waals surface area contributed by atoms with Crippen LogP contribution in [0, 0.1) is 12.7 Å². The summed E-state index contributed by atoms with van der Waals surface area (Å²) in [5.41, 5.74) is 3.00. The molecule has 1 saturated heterocycles. The molecule has 2 aromatic rings. The van der Waals surface area contributed by atoms with Crippen molar-refractivity contribution in [3.63, 3.8) is 0 Å². The monoisotopic (exact) mass is 494 g/mol. The van der Waals surface area contributed by atoms with E-state index in [-0.39, 0.29) is 11.8 Å². The molecule has 2 amide bonds. The van der Waals surface area contributed by atoms with Gasteiger partial charge in [0.05, 0.1) is 0 Å². The van der Waals surface area contributed by atoms with Crippen LogP contribution in [0.1, 0.15) is 60.5 Å². The van der Waals surface area contributed by atoms with Crippen molar-refractivity contribution in [1.82, 2.24) is 20.4 Å². The molecule has 0 spiro atoms. The van der Waals surface area contributed by atoms with Crippen LogP contribution >= 0.6 is 0 Å². The summed E-state index contributed by atoms with van der Waals surface area (Å²) >= 11 is 0. The van der Waals surface area contributed by atoms with E-state index in [9.17, 15) is 14.0 Å². The van der Waals surface area contributed by atoms with Gasteiger partial charge in [0.25, 0.3) is 5.91 Å². The van der Waals surface area contributed by atoms with Crippen molar-refractivity contribution in [1.29, 1.82) is 0 Å². The minimum atomic E-state index is -0.595. The van der Waals surface area contributed by atoms with Crippen molar-refractivity contribution in [2.75, 3.05) is 32.7 Å². The third-order valence-corrected chi connectivity index (χ3v) is 7.44. The molecule has 1 aliphatic carbocycles. The molecule has 194 valence electrons. The molecule has 0 bridgehead atoms. The van der Waals surface area contributed by atoms with Crippen molar-refractivity contribution in [2.24, 2.45) is 0 Å². The van der Waals surface area contributed by atoms with Crippen LogP contribution in [0.25, 0.3) is 0 Å². The summed E-state index contributed by atoms with van der Waals surface area (Å²) in [7, 11) is 0. The van der Waals surface area contributed by atoms with Gasteiger partial charge in [-0.3, -0.25) is 14.5 Å². The predicted octanol–water partition coefficient (Wildman–Crippen LogP) is 3.71. The zero-order chi connectivity index (χ0) is 25.7. The molecule has 2 aliphatic rings. The minimum Gasteiger partial charge on any atom is -0.340 e. The Labute approximate surface area is 214 Å². The number of hydrogen-bond acceptors (Lipinski definition) is 4. The maximum absolute atomic E-state index is 13.4. The Hall–Kier alpha value is -2.77. The summed E-state index contributed by atoms with van der Waals surface area (Å²) in [6.07, 6.45) is 2.47. The van der Waals surface area contributed by atoms with Crippen LogP contribution in [-0.2, 0) is 4.79 Å². The topological polar surface area (TPSA) is 64.7 Å². The lowest BCUT2D eigenvalue weighted by molar-refractivity contribution is -0.135. The van der Waals surface area contributed by atoms with Crippen molar-refractivity contribution >= 4 is 11.8 Å². The molecule has 2 N–H and O–H groups in total. The third kappa shape index (κ3) is 6.92. The summed E-state index contributed by atoms with van der Waals surface area (Å²) in [5, 5.41) is 6.55. The second-order valence-corrected chi connectivity index (χ2v) is 10.4. The SMILES string of the molecule is Cc1ccc([C@@H]2C[C@H]2NCCC[C@H](NC(=O)c2ccc(F)cc2)C(=O)N2CCN(C(C)C)CC2)cc1. The van der Waals surface area contributed by atoms with Crippen LogP contribution in [-0.4, -0.2) is 72.5 Å². The normalized spacial score (nSPS) is 20.9. The van der Waals surface area contributed by atoms with Gasteiger partial charge in [0.15, 0.2) is 0 Å². The predicted molar refractivity (Wildman–Crippen MR) is 141 cm³/mol. The molecule has 36 heavy (non-hydrogen) atoms. The number of benzene rings is 2. The quantitative estimate of drug-likeness (QED) is 0.495. The van der Waals surface area contributed by atoms with Crippen LogP contribution in [0.5, 0.6) is 0 Å². The fourth-order valence-electron chi connectivity index (χ4n) is 4.98. The maximum atomic E-state index is 13.4. The number of nitrogens with one attached hydrogen (secondary N) is 2. The van der Waals surface area contributed by atoms with Gasteiger partial charge in [-0.05, 0) is 76.4 Å². The summed E-state index contributed by atoms with van der Waals surface area (Å²) in [6, 6.07) is 14.5. The van der Waals surface area contributed by atoms with E-state index in [2.05, 4.69) is 60.6 Å².